The van der Waals surface area contributed by atoms with Gasteiger partial charge in [0, 0.05) is 22.0 Å². The molecule has 4 heteroatoms. The van der Waals surface area contributed by atoms with Crippen molar-refractivity contribution in [3.8, 4) is 0 Å². The van der Waals surface area contributed by atoms with E-state index < -0.39 is 6.10 Å². The quantitative estimate of drug-likeness (QED) is 0.887. The molecule has 0 heterocycles. The number of nitrogens with two attached hydrogens (primary N) is 1. The summed E-state index contributed by atoms with van der Waals surface area (Å²) in [4.78, 5) is 0. The van der Waals surface area contributed by atoms with Crippen molar-refractivity contribution in [2.45, 2.75) is 12.0 Å². The van der Waals surface area contributed by atoms with Gasteiger partial charge in [0.15, 0.2) is 0 Å². The number of aliphatic hydroxyl groups excluding tert-OH is 1. The highest BCUT2D eigenvalue weighted by Gasteiger charge is 2.24. The maximum Gasteiger partial charge on any atom is 0.0882 e. The molecule has 0 saturated heterocycles. The van der Waals surface area contributed by atoms with Crippen molar-refractivity contribution in [1.29, 1.82) is 0 Å². The lowest BCUT2D eigenvalue weighted by Gasteiger charge is -2.24. The fourth-order valence-corrected chi connectivity index (χ4v) is 2.93. The van der Waals surface area contributed by atoms with Gasteiger partial charge in [-0.3, -0.25) is 0 Å². The molecule has 0 spiro atoms. The fraction of sp³-hybridized carbons (Fsp3) is 0.200. The van der Waals surface area contributed by atoms with E-state index in [1.807, 2.05) is 48.5 Å². The van der Waals surface area contributed by atoms with E-state index >= 15 is 0 Å². The number of hydrogen-bond donors (Lipinski definition) is 2. The average Bonchev–Trinajstić information content (AvgIpc) is 2.42. The summed E-state index contributed by atoms with van der Waals surface area (Å²) in [5.41, 5.74) is 7.52. The van der Waals surface area contributed by atoms with E-state index in [0.29, 0.717) is 11.6 Å². The molecule has 0 fully saturated rings. The molecule has 0 amide bonds. The van der Waals surface area contributed by atoms with E-state index in [2.05, 4.69) is 15.9 Å². The molecule has 2 nitrogen and oxygen atoms in total. The minimum absolute atomic E-state index is 0.229. The highest BCUT2D eigenvalue weighted by atomic mass is 79.9. The lowest BCUT2D eigenvalue weighted by atomic mass is 9.89. The van der Waals surface area contributed by atoms with Crippen LogP contribution in [0.3, 0.4) is 0 Å². The van der Waals surface area contributed by atoms with Gasteiger partial charge >= 0.3 is 0 Å². The minimum atomic E-state index is -0.694. The smallest absolute Gasteiger partial charge is 0.0882 e. The van der Waals surface area contributed by atoms with Crippen LogP contribution in [0.5, 0.6) is 0 Å². The van der Waals surface area contributed by atoms with Crippen LogP contribution in [-0.2, 0) is 0 Å². The Hall–Kier alpha value is -0.870. The minimum Gasteiger partial charge on any atom is -0.388 e. The summed E-state index contributed by atoms with van der Waals surface area (Å²) in [6, 6.07) is 15.1. The molecule has 19 heavy (non-hydrogen) atoms. The lowest BCUT2D eigenvalue weighted by molar-refractivity contribution is 0.147. The first-order chi connectivity index (χ1) is 9.15. The molecule has 0 radical (unpaired) electrons. The van der Waals surface area contributed by atoms with Gasteiger partial charge in [0.25, 0.3) is 0 Å². The van der Waals surface area contributed by atoms with Gasteiger partial charge in [-0.05, 0) is 23.3 Å². The van der Waals surface area contributed by atoms with Crippen molar-refractivity contribution in [2.75, 3.05) is 6.54 Å². The molecular weight excluding hydrogens is 326 g/mol. The molecule has 0 saturated carbocycles. The first-order valence-corrected chi connectivity index (χ1v) is 7.19. The van der Waals surface area contributed by atoms with Crippen molar-refractivity contribution in [2.24, 2.45) is 5.73 Å². The standard InChI is InChI=1S/C15H15BrClNO/c16-13-7-3-1-6-11(13)15(19)12(9-18)10-5-2-4-8-14(10)17/h1-8,12,15,19H,9,18H2. The molecule has 3 N–H and O–H groups in total. The molecule has 0 bridgehead atoms. The molecule has 2 aromatic carbocycles. The van der Waals surface area contributed by atoms with E-state index in [1.165, 1.54) is 0 Å². The molecule has 100 valence electrons. The van der Waals surface area contributed by atoms with Gasteiger partial charge in [-0.1, -0.05) is 63.9 Å². The molecule has 0 aliphatic rings. The number of benzene rings is 2. The lowest BCUT2D eigenvalue weighted by Crippen LogP contribution is -2.20. The summed E-state index contributed by atoms with van der Waals surface area (Å²) in [5, 5.41) is 11.2. The number of hydrogen-bond acceptors (Lipinski definition) is 2. The predicted molar refractivity (Wildman–Crippen MR) is 82.3 cm³/mol. The number of rotatable bonds is 4. The van der Waals surface area contributed by atoms with Crippen molar-refractivity contribution in [3.63, 3.8) is 0 Å². The van der Waals surface area contributed by atoms with Crippen LogP contribution in [0.1, 0.15) is 23.1 Å². The van der Waals surface area contributed by atoms with Crippen molar-refractivity contribution >= 4 is 27.5 Å². The highest BCUT2D eigenvalue weighted by Crippen LogP contribution is 2.36. The van der Waals surface area contributed by atoms with Gasteiger partial charge < -0.3 is 10.8 Å². The molecular formula is C15H15BrClNO. The van der Waals surface area contributed by atoms with E-state index in [4.69, 9.17) is 17.3 Å². The largest absolute Gasteiger partial charge is 0.388 e. The molecule has 2 atom stereocenters. The van der Waals surface area contributed by atoms with Crippen LogP contribution in [0.15, 0.2) is 53.0 Å². The summed E-state index contributed by atoms with van der Waals surface area (Å²) in [5.74, 6) is -0.229. The average molecular weight is 341 g/mol. The van der Waals surface area contributed by atoms with Crippen molar-refractivity contribution in [1.82, 2.24) is 0 Å². The second-order valence-corrected chi connectivity index (χ2v) is 5.59. The Morgan fingerprint density at radius 3 is 2.21 bits per heavy atom. The molecule has 2 unspecified atom stereocenters. The predicted octanol–water partition coefficient (Wildman–Crippen LogP) is 3.88. The van der Waals surface area contributed by atoms with Gasteiger partial charge in [0.1, 0.15) is 0 Å². The van der Waals surface area contributed by atoms with Gasteiger partial charge in [-0.25, -0.2) is 0 Å². The van der Waals surface area contributed by atoms with E-state index in [-0.39, 0.29) is 5.92 Å². The number of aliphatic hydroxyl groups is 1. The Bertz CT molecular complexity index is 561. The summed E-state index contributed by atoms with van der Waals surface area (Å²) in [7, 11) is 0. The van der Waals surface area contributed by atoms with E-state index in [1.54, 1.807) is 0 Å². The monoisotopic (exact) mass is 339 g/mol. The third-order valence-electron chi connectivity index (χ3n) is 3.16. The van der Waals surface area contributed by atoms with Gasteiger partial charge in [0.05, 0.1) is 6.10 Å². The SMILES string of the molecule is NCC(c1ccccc1Cl)C(O)c1ccccc1Br. The topological polar surface area (TPSA) is 46.2 Å². The first kappa shape index (κ1) is 14.5. The van der Waals surface area contributed by atoms with Crippen LogP contribution in [0, 0.1) is 0 Å². The Kier molecular flexibility index (Phi) is 4.99. The molecule has 2 aromatic rings. The zero-order chi connectivity index (χ0) is 13.8. The maximum absolute atomic E-state index is 10.6. The van der Waals surface area contributed by atoms with E-state index in [0.717, 1.165) is 15.6 Å². The van der Waals surface area contributed by atoms with Crippen molar-refractivity contribution < 1.29 is 5.11 Å². The molecule has 0 aliphatic heterocycles. The van der Waals surface area contributed by atoms with E-state index in [9.17, 15) is 5.11 Å². The maximum atomic E-state index is 10.6. The van der Waals surface area contributed by atoms with Gasteiger partial charge in [-0.2, -0.15) is 0 Å². The third kappa shape index (κ3) is 3.18. The van der Waals surface area contributed by atoms with Crippen LogP contribution in [-0.4, -0.2) is 11.7 Å². The van der Waals surface area contributed by atoms with Crippen molar-refractivity contribution in [3.05, 3.63) is 69.2 Å². The van der Waals surface area contributed by atoms with Gasteiger partial charge in [-0.15, -0.1) is 0 Å². The molecule has 0 aromatic heterocycles. The zero-order valence-corrected chi connectivity index (χ0v) is 12.6. The van der Waals surface area contributed by atoms with Crippen LogP contribution >= 0.6 is 27.5 Å². The number of halogens is 2. The van der Waals surface area contributed by atoms with Crippen LogP contribution in [0.2, 0.25) is 5.02 Å². The highest BCUT2D eigenvalue weighted by molar-refractivity contribution is 9.10. The summed E-state index contributed by atoms with van der Waals surface area (Å²) < 4.78 is 0.869. The summed E-state index contributed by atoms with van der Waals surface area (Å²) in [6.45, 7) is 0.326. The third-order valence-corrected chi connectivity index (χ3v) is 4.23. The molecule has 2 rings (SSSR count). The fourth-order valence-electron chi connectivity index (χ4n) is 2.13. The van der Waals surface area contributed by atoms with Gasteiger partial charge in [0.2, 0.25) is 0 Å². The normalized spacial score (nSPS) is 14.1. The first-order valence-electron chi connectivity index (χ1n) is 6.02. The molecule has 0 aliphatic carbocycles. The zero-order valence-electron chi connectivity index (χ0n) is 10.3. The Labute approximate surface area is 126 Å². The van der Waals surface area contributed by atoms with Crippen LogP contribution < -0.4 is 5.73 Å². The second-order valence-electron chi connectivity index (χ2n) is 4.33. The second kappa shape index (κ2) is 6.53. The van der Waals surface area contributed by atoms with Crippen LogP contribution in [0.4, 0.5) is 0 Å². The Morgan fingerprint density at radius 2 is 1.63 bits per heavy atom. The Morgan fingerprint density at radius 1 is 1.05 bits per heavy atom. The van der Waals surface area contributed by atoms with Crippen LogP contribution in [0.25, 0.3) is 0 Å². The Balaban J connectivity index is 2.38. The summed E-state index contributed by atoms with van der Waals surface area (Å²) >= 11 is 9.64. The summed E-state index contributed by atoms with van der Waals surface area (Å²) in [6.07, 6.45) is -0.694.